The zero-order valence-electron chi connectivity index (χ0n) is 19.7. The van der Waals surface area contributed by atoms with Crippen LogP contribution in [0.25, 0.3) is 32.7 Å². The molecule has 0 unspecified atom stereocenters. The molecule has 4 aromatic carbocycles. The van der Waals surface area contributed by atoms with E-state index in [4.69, 9.17) is 4.43 Å². The lowest BCUT2D eigenvalue weighted by Gasteiger charge is -2.36. The fourth-order valence-electron chi connectivity index (χ4n) is 4.09. The predicted molar refractivity (Wildman–Crippen MR) is 134 cm³/mol. The van der Waals surface area contributed by atoms with E-state index >= 15 is 0 Å². The van der Waals surface area contributed by atoms with Crippen molar-refractivity contribution in [3.05, 3.63) is 83.9 Å². The Morgan fingerprint density at radius 3 is 1.76 bits per heavy atom. The molecule has 0 N–H and O–H groups in total. The van der Waals surface area contributed by atoms with Crippen LogP contribution in [0.15, 0.2) is 72.8 Å². The largest absolute Gasteiger partial charge is 0.417 e. The number of alkyl halides is 3. The van der Waals surface area contributed by atoms with Crippen LogP contribution >= 0.6 is 0 Å². The van der Waals surface area contributed by atoms with E-state index in [1.165, 1.54) is 6.07 Å². The molecular weight excluding hydrogens is 437 g/mol. The van der Waals surface area contributed by atoms with Crippen molar-refractivity contribution in [2.75, 3.05) is 0 Å². The molecule has 0 aliphatic carbocycles. The molecule has 33 heavy (non-hydrogen) atoms. The van der Waals surface area contributed by atoms with Gasteiger partial charge in [0.25, 0.3) is 0 Å². The van der Waals surface area contributed by atoms with Crippen molar-refractivity contribution in [3.63, 3.8) is 0 Å². The Morgan fingerprint density at radius 1 is 0.697 bits per heavy atom. The van der Waals surface area contributed by atoms with Gasteiger partial charge in [-0.1, -0.05) is 87.5 Å². The normalized spacial score (nSPS) is 13.1. The van der Waals surface area contributed by atoms with Gasteiger partial charge < -0.3 is 4.43 Å². The lowest BCUT2D eigenvalue weighted by Crippen LogP contribution is -2.40. The van der Waals surface area contributed by atoms with Crippen molar-refractivity contribution in [2.24, 2.45) is 0 Å². The predicted octanol–water partition coefficient (Wildman–Crippen LogP) is 9.20. The van der Waals surface area contributed by atoms with E-state index < -0.39 is 20.1 Å². The summed E-state index contributed by atoms with van der Waals surface area (Å²) >= 11 is 0. The van der Waals surface area contributed by atoms with Crippen LogP contribution in [0.5, 0.6) is 0 Å². The Bertz CT molecular complexity index is 1320. The van der Waals surface area contributed by atoms with Crippen LogP contribution in [0, 0.1) is 0 Å². The molecule has 0 radical (unpaired) electrons. The lowest BCUT2D eigenvalue weighted by molar-refractivity contribution is -0.137. The summed E-state index contributed by atoms with van der Waals surface area (Å²) in [5, 5.41) is 3.69. The minimum Gasteiger partial charge on any atom is -0.413 e. The Balaban J connectivity index is 2.08. The number of fused-ring (bicyclic) bond motifs is 3. The van der Waals surface area contributed by atoms with E-state index in [-0.39, 0.29) is 17.2 Å². The van der Waals surface area contributed by atoms with E-state index in [0.717, 1.165) is 33.2 Å². The highest BCUT2D eigenvalue weighted by Crippen LogP contribution is 2.45. The maximum Gasteiger partial charge on any atom is 0.417 e. The molecule has 172 valence electrons. The molecule has 4 rings (SSSR count). The van der Waals surface area contributed by atoms with Crippen LogP contribution in [0.4, 0.5) is 13.2 Å². The molecule has 0 heterocycles. The minimum absolute atomic E-state index is 0.0102. The SMILES string of the molecule is CC(C)(C)[Si](C)(C)OCc1c(-c2ccccc2C(F)(F)F)c2ccccc2c2ccccc12. The molecule has 0 atom stereocenters. The fourth-order valence-corrected chi connectivity index (χ4v) is 5.03. The summed E-state index contributed by atoms with van der Waals surface area (Å²) in [5.74, 6) is 0. The van der Waals surface area contributed by atoms with E-state index in [2.05, 4.69) is 33.9 Å². The molecule has 0 aromatic heterocycles. The molecule has 0 aliphatic rings. The van der Waals surface area contributed by atoms with Crippen molar-refractivity contribution in [1.29, 1.82) is 0 Å². The first-order valence-corrected chi connectivity index (χ1v) is 14.1. The van der Waals surface area contributed by atoms with E-state index in [9.17, 15) is 13.2 Å². The standard InChI is InChI=1S/C28H29F3OSi/c1-27(2,3)33(4,5)32-18-24-21-14-7-6-12-19(21)20-13-8-9-15-22(20)26(24)23-16-10-11-17-25(23)28(29,30)31/h6-17H,18H2,1-5H3. The molecule has 0 aliphatic heterocycles. The van der Waals surface area contributed by atoms with Gasteiger partial charge in [-0.05, 0) is 62.4 Å². The first kappa shape index (κ1) is 23.5. The van der Waals surface area contributed by atoms with Gasteiger partial charge in [0, 0.05) is 0 Å². The van der Waals surface area contributed by atoms with E-state index in [1.54, 1.807) is 12.1 Å². The summed E-state index contributed by atoms with van der Waals surface area (Å²) in [7, 11) is -2.14. The molecule has 0 saturated carbocycles. The van der Waals surface area contributed by atoms with Crippen molar-refractivity contribution in [2.45, 2.75) is 51.7 Å². The third kappa shape index (κ3) is 4.32. The number of halogens is 3. The van der Waals surface area contributed by atoms with Crippen molar-refractivity contribution >= 4 is 29.9 Å². The second-order valence-electron chi connectivity index (χ2n) is 10.0. The zero-order valence-corrected chi connectivity index (χ0v) is 20.7. The van der Waals surface area contributed by atoms with Gasteiger partial charge in [-0.15, -0.1) is 0 Å². The van der Waals surface area contributed by atoms with Crippen LogP contribution in [0.3, 0.4) is 0 Å². The highest BCUT2D eigenvalue weighted by atomic mass is 28.4. The highest BCUT2D eigenvalue weighted by molar-refractivity contribution is 6.74. The summed E-state index contributed by atoms with van der Waals surface area (Å²) in [5.41, 5.74) is 0.988. The number of rotatable bonds is 4. The molecule has 0 saturated heterocycles. The summed E-state index contributed by atoms with van der Waals surface area (Å²) in [6.07, 6.45) is -4.46. The summed E-state index contributed by atoms with van der Waals surface area (Å²) < 4.78 is 48.8. The summed E-state index contributed by atoms with van der Waals surface area (Å²) in [6, 6.07) is 21.5. The van der Waals surface area contributed by atoms with Gasteiger partial charge in [0.1, 0.15) is 0 Å². The van der Waals surface area contributed by atoms with E-state index in [1.807, 2.05) is 48.5 Å². The van der Waals surface area contributed by atoms with Gasteiger partial charge >= 0.3 is 6.18 Å². The van der Waals surface area contributed by atoms with Gasteiger partial charge in [0.2, 0.25) is 0 Å². The Hall–Kier alpha value is -2.63. The van der Waals surface area contributed by atoms with Crippen LogP contribution in [0.2, 0.25) is 18.1 Å². The molecule has 0 fully saturated rings. The third-order valence-corrected chi connectivity index (χ3v) is 11.4. The number of hydrogen-bond acceptors (Lipinski definition) is 1. The van der Waals surface area contributed by atoms with Crippen LogP contribution in [0.1, 0.15) is 31.9 Å². The van der Waals surface area contributed by atoms with Gasteiger partial charge in [-0.25, -0.2) is 0 Å². The lowest BCUT2D eigenvalue weighted by atomic mass is 9.86. The first-order chi connectivity index (χ1) is 15.4. The Labute approximate surface area is 194 Å². The van der Waals surface area contributed by atoms with Gasteiger partial charge in [0.05, 0.1) is 12.2 Å². The molecule has 4 aromatic rings. The van der Waals surface area contributed by atoms with Crippen molar-refractivity contribution in [3.8, 4) is 11.1 Å². The molecule has 5 heteroatoms. The third-order valence-electron chi connectivity index (χ3n) is 6.93. The quantitative estimate of drug-likeness (QED) is 0.215. The minimum atomic E-state index is -4.46. The Morgan fingerprint density at radius 2 is 1.18 bits per heavy atom. The maximum absolute atomic E-state index is 14.1. The average Bonchev–Trinajstić information content (AvgIpc) is 2.76. The zero-order chi connectivity index (χ0) is 24.0. The van der Waals surface area contributed by atoms with E-state index in [0.29, 0.717) is 5.56 Å². The van der Waals surface area contributed by atoms with Gasteiger partial charge in [-0.3, -0.25) is 0 Å². The second-order valence-corrected chi connectivity index (χ2v) is 14.8. The molecule has 0 bridgehead atoms. The smallest absolute Gasteiger partial charge is 0.413 e. The topological polar surface area (TPSA) is 9.23 Å². The van der Waals surface area contributed by atoms with Gasteiger partial charge in [-0.2, -0.15) is 13.2 Å². The number of hydrogen-bond donors (Lipinski definition) is 0. The van der Waals surface area contributed by atoms with Crippen molar-refractivity contribution < 1.29 is 17.6 Å². The number of benzene rings is 4. The van der Waals surface area contributed by atoms with Crippen LogP contribution < -0.4 is 0 Å². The average molecular weight is 467 g/mol. The molecule has 0 spiro atoms. The summed E-state index contributed by atoms with van der Waals surface area (Å²) in [4.78, 5) is 0. The maximum atomic E-state index is 14.1. The first-order valence-electron chi connectivity index (χ1n) is 11.1. The van der Waals surface area contributed by atoms with Crippen LogP contribution in [-0.2, 0) is 17.2 Å². The van der Waals surface area contributed by atoms with Gasteiger partial charge in [0.15, 0.2) is 8.32 Å². The monoisotopic (exact) mass is 466 g/mol. The molecule has 0 amide bonds. The molecular formula is C28H29F3OSi. The second kappa shape index (κ2) is 8.30. The van der Waals surface area contributed by atoms with Crippen molar-refractivity contribution in [1.82, 2.24) is 0 Å². The van der Waals surface area contributed by atoms with Crippen LogP contribution in [-0.4, -0.2) is 8.32 Å². The fraction of sp³-hybridized carbons (Fsp3) is 0.286. The Kier molecular flexibility index (Phi) is 5.91. The highest BCUT2D eigenvalue weighted by Gasteiger charge is 2.38. The molecule has 1 nitrogen and oxygen atoms in total. The summed E-state index contributed by atoms with van der Waals surface area (Å²) in [6.45, 7) is 11.1.